The number of aryl methyl sites for hydroxylation is 1. The summed E-state index contributed by atoms with van der Waals surface area (Å²) in [6, 6.07) is -0.269. The number of nitrogens with two attached hydrogens (primary N) is 1. The van der Waals surface area contributed by atoms with Crippen LogP contribution >= 0.6 is 0 Å². The minimum absolute atomic E-state index is 0.0186. The van der Waals surface area contributed by atoms with Gasteiger partial charge in [0.15, 0.2) is 0 Å². The molecule has 7 nitrogen and oxygen atoms in total. The van der Waals surface area contributed by atoms with Gasteiger partial charge in [-0.3, -0.25) is 9.48 Å². The van der Waals surface area contributed by atoms with Gasteiger partial charge in [0.05, 0.1) is 17.9 Å². The number of ether oxygens (including phenoxy) is 1. The lowest BCUT2D eigenvalue weighted by Crippen LogP contribution is -2.54. The normalized spacial score (nSPS) is 24.4. The fourth-order valence-electron chi connectivity index (χ4n) is 3.49. The number of nitrogens with zero attached hydrogens (tertiary/aromatic N) is 3. The average molecular weight is 321 g/mol. The summed E-state index contributed by atoms with van der Waals surface area (Å²) in [5.74, 6) is 0.219. The molecule has 0 radical (unpaired) electrons. The largest absolute Gasteiger partial charge is 0.381 e. The topological polar surface area (TPSA) is 85.4 Å². The summed E-state index contributed by atoms with van der Waals surface area (Å²) in [7, 11) is 1.92. The minimum atomic E-state index is -0.423. The van der Waals surface area contributed by atoms with Gasteiger partial charge in [0.1, 0.15) is 0 Å². The van der Waals surface area contributed by atoms with Crippen LogP contribution in [0.3, 0.4) is 0 Å². The molecule has 0 saturated carbocycles. The number of amides is 1. The van der Waals surface area contributed by atoms with Gasteiger partial charge in [-0.2, -0.15) is 5.10 Å². The number of piperidine rings is 1. The number of hydrogen-bond acceptors (Lipinski definition) is 5. The lowest BCUT2D eigenvalue weighted by molar-refractivity contribution is -0.125. The van der Waals surface area contributed by atoms with Gasteiger partial charge in [-0.15, -0.1) is 0 Å². The summed E-state index contributed by atoms with van der Waals surface area (Å²) in [6.45, 7) is 3.25. The standard InChI is InChI=1S/C16H27N5O2/c1-20-11-14(9-18-20)21-6-2-3-13(10-21)19-16(22)15(17)12-4-7-23-8-5-12/h9,11-13,15H,2-8,10,17H2,1H3,(H,19,22). The number of hydrogen-bond donors (Lipinski definition) is 2. The molecule has 2 aliphatic rings. The lowest BCUT2D eigenvalue weighted by atomic mass is 9.91. The fourth-order valence-corrected chi connectivity index (χ4v) is 3.49. The van der Waals surface area contributed by atoms with Gasteiger partial charge in [-0.05, 0) is 31.6 Å². The monoisotopic (exact) mass is 321 g/mol. The highest BCUT2D eigenvalue weighted by molar-refractivity contribution is 5.82. The highest BCUT2D eigenvalue weighted by atomic mass is 16.5. The smallest absolute Gasteiger partial charge is 0.237 e. The summed E-state index contributed by atoms with van der Waals surface area (Å²) < 4.78 is 7.15. The van der Waals surface area contributed by atoms with Crippen molar-refractivity contribution in [1.29, 1.82) is 0 Å². The van der Waals surface area contributed by atoms with E-state index < -0.39 is 6.04 Å². The molecule has 23 heavy (non-hydrogen) atoms. The molecule has 128 valence electrons. The molecule has 2 unspecified atom stereocenters. The van der Waals surface area contributed by atoms with Gasteiger partial charge in [-0.25, -0.2) is 0 Å². The van der Waals surface area contributed by atoms with Crippen LogP contribution in [0.1, 0.15) is 25.7 Å². The predicted octanol–water partition coefficient (Wildman–Crippen LogP) is 0.259. The molecule has 0 aliphatic carbocycles. The van der Waals surface area contributed by atoms with Crippen LogP contribution < -0.4 is 16.0 Å². The van der Waals surface area contributed by atoms with Crippen molar-refractivity contribution in [2.24, 2.45) is 18.7 Å². The highest BCUT2D eigenvalue weighted by Gasteiger charge is 2.29. The SMILES string of the molecule is Cn1cc(N2CCCC(NC(=O)C(N)C3CCOCC3)C2)cn1. The molecular weight excluding hydrogens is 294 g/mol. The zero-order valence-corrected chi connectivity index (χ0v) is 13.8. The first-order valence-electron chi connectivity index (χ1n) is 8.51. The minimum Gasteiger partial charge on any atom is -0.381 e. The van der Waals surface area contributed by atoms with Crippen LogP contribution in [0.5, 0.6) is 0 Å². The van der Waals surface area contributed by atoms with E-state index in [2.05, 4.69) is 15.3 Å². The van der Waals surface area contributed by atoms with Crippen LogP contribution in [0.25, 0.3) is 0 Å². The van der Waals surface area contributed by atoms with Crippen LogP contribution in [0.4, 0.5) is 5.69 Å². The van der Waals surface area contributed by atoms with Crippen molar-refractivity contribution in [1.82, 2.24) is 15.1 Å². The van der Waals surface area contributed by atoms with Crippen molar-refractivity contribution >= 4 is 11.6 Å². The van der Waals surface area contributed by atoms with Crippen molar-refractivity contribution < 1.29 is 9.53 Å². The van der Waals surface area contributed by atoms with Gasteiger partial charge >= 0.3 is 0 Å². The van der Waals surface area contributed by atoms with E-state index in [4.69, 9.17) is 10.5 Å². The Morgan fingerprint density at radius 2 is 2.22 bits per heavy atom. The predicted molar refractivity (Wildman–Crippen MR) is 88.1 cm³/mol. The molecule has 3 heterocycles. The van der Waals surface area contributed by atoms with Crippen LogP contribution in [-0.2, 0) is 16.6 Å². The Morgan fingerprint density at radius 1 is 1.43 bits per heavy atom. The molecule has 1 aromatic rings. The third-order valence-electron chi connectivity index (χ3n) is 4.90. The van der Waals surface area contributed by atoms with Gasteiger partial charge in [0, 0.05) is 45.6 Å². The second kappa shape index (κ2) is 7.31. The van der Waals surface area contributed by atoms with Gasteiger partial charge < -0.3 is 20.7 Å². The Kier molecular flexibility index (Phi) is 5.17. The van der Waals surface area contributed by atoms with Crippen molar-refractivity contribution in [3.05, 3.63) is 12.4 Å². The molecule has 2 fully saturated rings. The average Bonchev–Trinajstić information content (AvgIpc) is 3.02. The Bertz CT molecular complexity index is 526. The zero-order valence-electron chi connectivity index (χ0n) is 13.8. The molecule has 2 aliphatic heterocycles. The fraction of sp³-hybridized carbons (Fsp3) is 0.750. The van der Waals surface area contributed by atoms with Crippen LogP contribution in [0.2, 0.25) is 0 Å². The second-order valence-corrected chi connectivity index (χ2v) is 6.64. The van der Waals surface area contributed by atoms with E-state index in [0.29, 0.717) is 13.2 Å². The Balaban J connectivity index is 1.53. The number of anilines is 1. The number of nitrogens with one attached hydrogen (secondary N) is 1. The van der Waals surface area contributed by atoms with E-state index in [1.165, 1.54) is 0 Å². The lowest BCUT2D eigenvalue weighted by Gasteiger charge is -2.35. The van der Waals surface area contributed by atoms with Crippen molar-refractivity contribution in [2.45, 2.75) is 37.8 Å². The van der Waals surface area contributed by atoms with Gasteiger partial charge in [0.2, 0.25) is 5.91 Å². The molecular formula is C16H27N5O2. The highest BCUT2D eigenvalue weighted by Crippen LogP contribution is 2.20. The van der Waals surface area contributed by atoms with Crippen LogP contribution in [0, 0.1) is 5.92 Å². The Hall–Kier alpha value is -1.60. The molecule has 1 amide bonds. The summed E-state index contributed by atoms with van der Waals surface area (Å²) in [5.41, 5.74) is 7.27. The van der Waals surface area contributed by atoms with Crippen molar-refractivity contribution in [2.75, 3.05) is 31.2 Å². The van der Waals surface area contributed by atoms with Crippen molar-refractivity contribution in [3.8, 4) is 0 Å². The van der Waals surface area contributed by atoms with E-state index in [0.717, 1.165) is 44.5 Å². The summed E-state index contributed by atoms with van der Waals surface area (Å²) in [4.78, 5) is 14.7. The maximum Gasteiger partial charge on any atom is 0.237 e. The first kappa shape index (κ1) is 16.3. The van der Waals surface area contributed by atoms with E-state index in [1.54, 1.807) is 4.68 Å². The molecule has 7 heteroatoms. The zero-order chi connectivity index (χ0) is 16.2. The first-order chi connectivity index (χ1) is 11.1. The molecule has 1 aromatic heterocycles. The molecule has 3 rings (SSSR count). The third-order valence-corrected chi connectivity index (χ3v) is 4.90. The van der Waals surface area contributed by atoms with Crippen LogP contribution in [-0.4, -0.2) is 54.1 Å². The molecule has 3 N–H and O–H groups in total. The summed E-state index contributed by atoms with van der Waals surface area (Å²) >= 11 is 0. The van der Waals surface area contributed by atoms with E-state index in [1.807, 2.05) is 19.4 Å². The molecule has 0 bridgehead atoms. The summed E-state index contributed by atoms with van der Waals surface area (Å²) in [5, 5.41) is 7.37. The quantitative estimate of drug-likeness (QED) is 0.831. The van der Waals surface area contributed by atoms with E-state index >= 15 is 0 Å². The van der Waals surface area contributed by atoms with E-state index in [-0.39, 0.29) is 17.9 Å². The molecule has 0 aromatic carbocycles. The number of aromatic nitrogens is 2. The van der Waals surface area contributed by atoms with E-state index in [9.17, 15) is 4.79 Å². The van der Waals surface area contributed by atoms with Gasteiger partial charge in [0.25, 0.3) is 0 Å². The van der Waals surface area contributed by atoms with Crippen molar-refractivity contribution in [3.63, 3.8) is 0 Å². The number of carbonyl (C=O) groups excluding carboxylic acids is 1. The first-order valence-corrected chi connectivity index (χ1v) is 8.51. The number of rotatable bonds is 4. The molecule has 2 atom stereocenters. The Labute approximate surface area is 137 Å². The number of carbonyl (C=O) groups is 1. The van der Waals surface area contributed by atoms with Gasteiger partial charge in [-0.1, -0.05) is 0 Å². The summed E-state index contributed by atoms with van der Waals surface area (Å²) in [6.07, 6.45) is 7.70. The molecule has 0 spiro atoms. The molecule has 2 saturated heterocycles. The third kappa shape index (κ3) is 4.03. The Morgan fingerprint density at radius 3 is 2.91 bits per heavy atom. The van der Waals surface area contributed by atoms with Crippen LogP contribution in [0.15, 0.2) is 12.4 Å². The second-order valence-electron chi connectivity index (χ2n) is 6.64. The maximum atomic E-state index is 12.4. The maximum absolute atomic E-state index is 12.4.